The van der Waals surface area contributed by atoms with Crippen LogP contribution in [0.15, 0.2) is 40.8 Å². The van der Waals surface area contributed by atoms with E-state index in [4.69, 9.17) is 9.15 Å². The van der Waals surface area contributed by atoms with Gasteiger partial charge in [-0.1, -0.05) is 0 Å². The van der Waals surface area contributed by atoms with Gasteiger partial charge in [0.15, 0.2) is 16.4 Å². The van der Waals surface area contributed by atoms with Crippen LogP contribution in [0.3, 0.4) is 0 Å². The van der Waals surface area contributed by atoms with Crippen LogP contribution in [0.2, 0.25) is 0 Å². The number of rotatable bonds is 8. The lowest BCUT2D eigenvalue weighted by Gasteiger charge is -2.13. The van der Waals surface area contributed by atoms with Crippen molar-refractivity contribution in [1.82, 2.24) is 10.6 Å². The van der Waals surface area contributed by atoms with E-state index < -0.39 is 27.5 Å². The topological polar surface area (TPSA) is 127 Å². The molecule has 0 radical (unpaired) electrons. The first kappa shape index (κ1) is 23.1. The molecule has 0 aliphatic rings. The lowest BCUT2D eigenvalue weighted by Crippen LogP contribution is -2.25. The summed E-state index contributed by atoms with van der Waals surface area (Å²) in [5.74, 6) is -1.31. The number of ether oxygens (including phenoxy) is 1. The van der Waals surface area contributed by atoms with Crippen LogP contribution < -0.4 is 20.7 Å². The smallest absolute Gasteiger partial charge is 0.257 e. The van der Waals surface area contributed by atoms with Gasteiger partial charge in [0, 0.05) is 37.4 Å². The van der Waals surface area contributed by atoms with Crippen LogP contribution in [0, 0.1) is 5.82 Å². The molecule has 1 heterocycles. The van der Waals surface area contributed by atoms with Gasteiger partial charge >= 0.3 is 0 Å². The van der Waals surface area contributed by atoms with Gasteiger partial charge in [0.25, 0.3) is 11.8 Å². The molecule has 2 aromatic carbocycles. The predicted molar refractivity (Wildman–Crippen MR) is 118 cm³/mol. The second-order valence-electron chi connectivity index (χ2n) is 6.95. The molecule has 3 aromatic rings. The number of carbonyl (C=O) groups is 2. The minimum atomic E-state index is -3.37. The molecule has 0 aliphatic carbocycles. The van der Waals surface area contributed by atoms with Gasteiger partial charge in [0.2, 0.25) is 0 Å². The first-order valence-electron chi connectivity index (χ1n) is 9.46. The number of nitrogens with one attached hydrogen (secondary N) is 3. The summed E-state index contributed by atoms with van der Waals surface area (Å²) in [6.45, 7) is -0.326. The summed E-state index contributed by atoms with van der Waals surface area (Å²) in [5.41, 5.74) is 1.19. The second-order valence-corrected chi connectivity index (χ2v) is 9.09. The van der Waals surface area contributed by atoms with Gasteiger partial charge in [-0.15, -0.1) is 0 Å². The van der Waals surface area contributed by atoms with Gasteiger partial charge in [-0.2, -0.15) is 0 Å². The van der Waals surface area contributed by atoms with Crippen LogP contribution >= 0.6 is 0 Å². The molecule has 1 aromatic heterocycles. The van der Waals surface area contributed by atoms with Crippen molar-refractivity contribution in [3.63, 3.8) is 0 Å². The third-order valence-electron chi connectivity index (χ3n) is 4.51. The molecule has 0 aliphatic heterocycles. The quantitative estimate of drug-likeness (QED) is 0.467. The van der Waals surface area contributed by atoms with Crippen LogP contribution in [0.1, 0.15) is 10.4 Å². The van der Waals surface area contributed by atoms with Crippen molar-refractivity contribution >= 4 is 38.3 Å². The highest BCUT2D eigenvalue weighted by atomic mass is 32.2. The number of fused-ring (bicyclic) bond motifs is 1. The van der Waals surface area contributed by atoms with E-state index in [9.17, 15) is 22.4 Å². The van der Waals surface area contributed by atoms with Crippen molar-refractivity contribution in [2.75, 3.05) is 38.2 Å². The number of anilines is 1. The maximum Gasteiger partial charge on any atom is 0.257 e. The van der Waals surface area contributed by atoms with Crippen molar-refractivity contribution in [1.29, 1.82) is 0 Å². The van der Waals surface area contributed by atoms with Gasteiger partial charge < -0.3 is 25.1 Å². The zero-order chi connectivity index (χ0) is 23.5. The molecule has 0 atom stereocenters. The molecule has 11 heteroatoms. The minimum absolute atomic E-state index is 0.154. The molecule has 3 rings (SSSR count). The fourth-order valence-corrected chi connectivity index (χ4v) is 3.38. The summed E-state index contributed by atoms with van der Waals surface area (Å²) in [5, 5.41) is 8.10. The average molecular weight is 463 g/mol. The number of hydrogen-bond donors (Lipinski definition) is 3. The highest BCUT2D eigenvalue weighted by molar-refractivity contribution is 7.90. The number of amides is 2. The molecule has 0 saturated carbocycles. The number of carbonyl (C=O) groups excluding carboxylic acids is 2. The minimum Gasteiger partial charge on any atom is -0.482 e. The molecule has 0 fully saturated rings. The van der Waals surface area contributed by atoms with Crippen molar-refractivity contribution in [3.8, 4) is 17.1 Å². The highest BCUT2D eigenvalue weighted by Crippen LogP contribution is 2.39. The fraction of sp³-hybridized carbons (Fsp3) is 0.238. The third-order valence-corrected chi connectivity index (χ3v) is 5.18. The van der Waals surface area contributed by atoms with Gasteiger partial charge in [-0.3, -0.25) is 9.59 Å². The van der Waals surface area contributed by atoms with Gasteiger partial charge in [-0.05, 0) is 30.3 Å². The van der Waals surface area contributed by atoms with E-state index in [0.717, 1.165) is 6.26 Å². The first-order valence-corrected chi connectivity index (χ1v) is 11.5. The number of likely N-dealkylation sites (N-methyl/N-ethyl adjacent to an activating group) is 1. The van der Waals surface area contributed by atoms with E-state index in [2.05, 4.69) is 16.0 Å². The Kier molecular flexibility index (Phi) is 6.68. The molecule has 0 bridgehead atoms. The summed E-state index contributed by atoms with van der Waals surface area (Å²) in [6.07, 6.45) is 1.06. The van der Waals surface area contributed by atoms with Gasteiger partial charge in [-0.25, -0.2) is 12.8 Å². The zero-order valence-corrected chi connectivity index (χ0v) is 18.4. The Hall–Kier alpha value is -3.60. The van der Waals surface area contributed by atoms with Crippen molar-refractivity contribution in [2.24, 2.45) is 0 Å². The van der Waals surface area contributed by atoms with E-state index in [1.807, 2.05) is 0 Å². The average Bonchev–Trinajstić information content (AvgIpc) is 3.13. The Balaban J connectivity index is 2.19. The van der Waals surface area contributed by atoms with E-state index in [-0.39, 0.29) is 40.8 Å². The number of hydrogen-bond acceptors (Lipinski definition) is 7. The van der Waals surface area contributed by atoms with E-state index >= 15 is 0 Å². The Morgan fingerprint density at radius 1 is 1.09 bits per heavy atom. The largest absolute Gasteiger partial charge is 0.482 e. The zero-order valence-electron chi connectivity index (χ0n) is 17.6. The predicted octanol–water partition coefficient (Wildman–Crippen LogP) is 2.14. The second kappa shape index (κ2) is 9.27. The monoisotopic (exact) mass is 463 g/mol. The Bertz CT molecular complexity index is 1270. The Morgan fingerprint density at radius 2 is 1.78 bits per heavy atom. The van der Waals surface area contributed by atoms with Gasteiger partial charge in [0.05, 0.1) is 11.3 Å². The number of benzene rings is 2. The third kappa shape index (κ3) is 5.17. The standard InChI is InChI=1S/C21H22FN3O6S/c1-23-18(26)10-30-17-8-14-16(9-15(17)25-11-32(3,28)29)31-20(19(14)21(27)24-2)12-4-6-13(22)7-5-12/h4-9,25H,10-11H2,1-3H3,(H,23,26)(H,24,27). The number of sulfone groups is 1. The molecule has 0 saturated heterocycles. The molecule has 170 valence electrons. The molecule has 9 nitrogen and oxygen atoms in total. The summed E-state index contributed by atoms with van der Waals surface area (Å²) in [4.78, 5) is 24.3. The van der Waals surface area contributed by atoms with Crippen LogP contribution in [0.25, 0.3) is 22.3 Å². The fourth-order valence-electron chi connectivity index (χ4n) is 2.96. The lowest BCUT2D eigenvalue weighted by atomic mass is 10.0. The van der Waals surface area contributed by atoms with Crippen LogP contribution in [-0.2, 0) is 14.6 Å². The van der Waals surface area contributed by atoms with Crippen LogP contribution in [0.5, 0.6) is 5.75 Å². The maximum absolute atomic E-state index is 13.4. The van der Waals surface area contributed by atoms with E-state index in [1.165, 1.54) is 50.5 Å². The Morgan fingerprint density at radius 3 is 2.38 bits per heavy atom. The highest BCUT2D eigenvalue weighted by Gasteiger charge is 2.24. The van der Waals surface area contributed by atoms with Gasteiger partial charge in [0.1, 0.15) is 28.8 Å². The molecular weight excluding hydrogens is 441 g/mol. The maximum atomic E-state index is 13.4. The van der Waals surface area contributed by atoms with Crippen molar-refractivity contribution in [2.45, 2.75) is 0 Å². The molecule has 2 amide bonds. The first-order chi connectivity index (χ1) is 15.1. The summed E-state index contributed by atoms with van der Waals surface area (Å²) in [6, 6.07) is 8.42. The molecule has 0 unspecified atom stereocenters. The van der Waals surface area contributed by atoms with Crippen LogP contribution in [-0.4, -0.2) is 53.1 Å². The summed E-state index contributed by atoms with van der Waals surface area (Å²) >= 11 is 0. The number of halogens is 1. The lowest BCUT2D eigenvalue weighted by molar-refractivity contribution is -0.122. The van der Waals surface area contributed by atoms with Crippen molar-refractivity contribution in [3.05, 3.63) is 47.8 Å². The normalized spacial score (nSPS) is 11.2. The SMILES string of the molecule is CNC(=O)COc1cc2c(C(=O)NC)c(-c3ccc(F)cc3)oc2cc1NCS(C)(=O)=O. The molecular formula is C21H22FN3O6S. The summed E-state index contributed by atoms with van der Waals surface area (Å²) in [7, 11) is -0.462. The summed E-state index contributed by atoms with van der Waals surface area (Å²) < 4.78 is 48.1. The molecule has 3 N–H and O–H groups in total. The number of furan rings is 1. The van der Waals surface area contributed by atoms with E-state index in [1.54, 1.807) is 0 Å². The molecule has 32 heavy (non-hydrogen) atoms. The Labute approximate surface area is 183 Å². The van der Waals surface area contributed by atoms with Crippen molar-refractivity contribution < 1.29 is 31.6 Å². The van der Waals surface area contributed by atoms with Crippen LogP contribution in [0.4, 0.5) is 10.1 Å². The molecule has 0 spiro atoms. The van der Waals surface area contributed by atoms with E-state index in [0.29, 0.717) is 10.9 Å².